The Balaban J connectivity index is 1.40. The van der Waals surface area contributed by atoms with Crippen LogP contribution in [0.25, 0.3) is 0 Å². The first-order valence-electron chi connectivity index (χ1n) is 9.81. The highest BCUT2D eigenvalue weighted by Gasteiger charge is 2.31. The zero-order valence-corrected chi connectivity index (χ0v) is 16.7. The molecule has 0 saturated carbocycles. The van der Waals surface area contributed by atoms with Crippen molar-refractivity contribution < 1.29 is 18.0 Å². The minimum Gasteiger partial charge on any atom is -0.357 e. The fourth-order valence-electron chi connectivity index (χ4n) is 3.60. The van der Waals surface area contributed by atoms with Crippen molar-refractivity contribution in [2.45, 2.75) is 45.8 Å². The molecule has 0 atom stereocenters. The first kappa shape index (κ1) is 21.1. The Bertz CT molecular complexity index is 824. The molecule has 29 heavy (non-hydrogen) atoms. The fraction of sp³-hybridized carbons (Fsp3) is 0.550. The summed E-state index contributed by atoms with van der Waals surface area (Å²) in [6.45, 7) is 6.52. The van der Waals surface area contributed by atoms with Crippen molar-refractivity contribution >= 4 is 11.7 Å². The highest BCUT2D eigenvalue weighted by molar-refractivity contribution is 5.78. The molecule has 0 spiro atoms. The Morgan fingerprint density at radius 3 is 2.52 bits per heavy atom. The summed E-state index contributed by atoms with van der Waals surface area (Å²) in [5.74, 6) is 0.481. The number of alkyl halides is 3. The fourth-order valence-corrected chi connectivity index (χ4v) is 3.60. The van der Waals surface area contributed by atoms with Crippen LogP contribution in [-0.4, -0.2) is 40.3 Å². The molecule has 1 saturated heterocycles. The standard InChI is InChI=1S/C20H26F3N5O/c1-14-12-15(2)28(26-14)9-3-8-24-19(29)16-6-10-27(11-7-16)18-5-4-17(13-25-18)20(21,22)23/h4-5,12-13,16H,3,6-11H2,1-2H3,(H,24,29). The molecule has 1 amide bonds. The predicted octanol–water partition coefficient (Wildman–Crippen LogP) is 3.34. The first-order chi connectivity index (χ1) is 13.7. The first-order valence-corrected chi connectivity index (χ1v) is 9.81. The summed E-state index contributed by atoms with van der Waals surface area (Å²) in [5, 5.41) is 7.39. The van der Waals surface area contributed by atoms with Crippen molar-refractivity contribution in [1.82, 2.24) is 20.1 Å². The summed E-state index contributed by atoms with van der Waals surface area (Å²) >= 11 is 0. The van der Waals surface area contributed by atoms with Gasteiger partial charge in [0.05, 0.1) is 11.3 Å². The number of aryl methyl sites for hydroxylation is 3. The molecule has 158 valence electrons. The van der Waals surface area contributed by atoms with Crippen molar-refractivity contribution in [3.8, 4) is 0 Å². The number of pyridine rings is 1. The molecule has 1 N–H and O–H groups in total. The normalized spacial score (nSPS) is 15.6. The number of carbonyl (C=O) groups excluding carboxylic acids is 1. The third-order valence-electron chi connectivity index (χ3n) is 5.21. The average Bonchev–Trinajstić information content (AvgIpc) is 3.01. The van der Waals surface area contributed by atoms with Crippen LogP contribution in [0.5, 0.6) is 0 Å². The molecule has 0 radical (unpaired) electrons. The average molecular weight is 409 g/mol. The number of rotatable bonds is 6. The molecule has 1 fully saturated rings. The van der Waals surface area contributed by atoms with Gasteiger partial charge in [0.1, 0.15) is 5.82 Å². The highest BCUT2D eigenvalue weighted by atomic mass is 19.4. The maximum atomic E-state index is 12.6. The number of halogens is 3. The Kier molecular flexibility index (Phi) is 6.44. The molecule has 2 aromatic rings. The van der Waals surface area contributed by atoms with E-state index in [4.69, 9.17) is 0 Å². The second-order valence-electron chi connectivity index (χ2n) is 7.46. The van der Waals surface area contributed by atoms with Gasteiger partial charge in [0.25, 0.3) is 0 Å². The number of amides is 1. The largest absolute Gasteiger partial charge is 0.417 e. The smallest absolute Gasteiger partial charge is 0.357 e. The van der Waals surface area contributed by atoms with E-state index in [0.29, 0.717) is 38.3 Å². The SMILES string of the molecule is Cc1cc(C)n(CCCNC(=O)C2CCN(c3ccc(C(F)(F)F)cn3)CC2)n1. The van der Waals surface area contributed by atoms with Crippen molar-refractivity contribution in [2.75, 3.05) is 24.5 Å². The Morgan fingerprint density at radius 2 is 1.97 bits per heavy atom. The van der Waals surface area contributed by atoms with E-state index in [1.54, 1.807) is 0 Å². The minimum atomic E-state index is -4.38. The summed E-state index contributed by atoms with van der Waals surface area (Å²) in [4.78, 5) is 18.2. The van der Waals surface area contributed by atoms with E-state index in [-0.39, 0.29) is 11.8 Å². The van der Waals surface area contributed by atoms with Gasteiger partial charge in [-0.1, -0.05) is 0 Å². The van der Waals surface area contributed by atoms with Gasteiger partial charge >= 0.3 is 6.18 Å². The molecular weight excluding hydrogens is 383 g/mol. The molecule has 0 bridgehead atoms. The maximum absolute atomic E-state index is 12.6. The second kappa shape index (κ2) is 8.84. The Hall–Kier alpha value is -2.58. The van der Waals surface area contributed by atoms with E-state index in [1.165, 1.54) is 6.07 Å². The molecule has 0 aliphatic carbocycles. The lowest BCUT2D eigenvalue weighted by molar-refractivity contribution is -0.137. The topological polar surface area (TPSA) is 63.1 Å². The monoisotopic (exact) mass is 409 g/mol. The molecule has 3 heterocycles. The summed E-state index contributed by atoms with van der Waals surface area (Å²) in [6.07, 6.45) is -1.40. The number of aromatic nitrogens is 3. The molecule has 2 aromatic heterocycles. The molecule has 1 aliphatic heterocycles. The lowest BCUT2D eigenvalue weighted by Crippen LogP contribution is -2.41. The summed E-state index contributed by atoms with van der Waals surface area (Å²) < 4.78 is 39.9. The maximum Gasteiger partial charge on any atom is 0.417 e. The van der Waals surface area contributed by atoms with Crippen LogP contribution >= 0.6 is 0 Å². The van der Waals surface area contributed by atoms with Gasteiger partial charge in [0, 0.05) is 44.0 Å². The minimum absolute atomic E-state index is 0.0402. The summed E-state index contributed by atoms with van der Waals surface area (Å²) in [5.41, 5.74) is 1.34. The van der Waals surface area contributed by atoms with Crippen LogP contribution in [0.2, 0.25) is 0 Å². The van der Waals surface area contributed by atoms with Gasteiger partial charge < -0.3 is 10.2 Å². The summed E-state index contributed by atoms with van der Waals surface area (Å²) in [6, 6.07) is 4.46. The van der Waals surface area contributed by atoms with E-state index in [1.807, 2.05) is 29.5 Å². The van der Waals surface area contributed by atoms with Gasteiger partial charge in [0.2, 0.25) is 5.91 Å². The number of anilines is 1. The van der Waals surface area contributed by atoms with Crippen LogP contribution in [0.4, 0.5) is 19.0 Å². The number of hydrogen-bond acceptors (Lipinski definition) is 4. The number of carbonyl (C=O) groups is 1. The Labute approximate surface area is 168 Å². The van der Waals surface area contributed by atoms with Crippen molar-refractivity contribution in [3.05, 3.63) is 41.3 Å². The van der Waals surface area contributed by atoms with Crippen LogP contribution in [0, 0.1) is 19.8 Å². The van der Waals surface area contributed by atoms with E-state index >= 15 is 0 Å². The van der Waals surface area contributed by atoms with Gasteiger partial charge in [-0.25, -0.2) is 4.98 Å². The molecule has 3 rings (SSSR count). The van der Waals surface area contributed by atoms with E-state index in [2.05, 4.69) is 15.4 Å². The van der Waals surface area contributed by atoms with Gasteiger partial charge in [-0.15, -0.1) is 0 Å². The van der Waals surface area contributed by atoms with Crippen molar-refractivity contribution in [1.29, 1.82) is 0 Å². The van der Waals surface area contributed by atoms with Crippen LogP contribution in [0.3, 0.4) is 0 Å². The van der Waals surface area contributed by atoms with Crippen molar-refractivity contribution in [2.24, 2.45) is 5.92 Å². The van der Waals surface area contributed by atoms with Crippen LogP contribution in [0.15, 0.2) is 24.4 Å². The van der Waals surface area contributed by atoms with E-state index < -0.39 is 11.7 Å². The van der Waals surface area contributed by atoms with Gasteiger partial charge in [0.15, 0.2) is 0 Å². The molecule has 0 aromatic carbocycles. The van der Waals surface area contributed by atoms with Crippen molar-refractivity contribution in [3.63, 3.8) is 0 Å². The quantitative estimate of drug-likeness (QED) is 0.744. The summed E-state index contributed by atoms with van der Waals surface area (Å²) in [7, 11) is 0. The number of piperidine rings is 1. The molecular formula is C20H26F3N5O. The third-order valence-corrected chi connectivity index (χ3v) is 5.21. The molecule has 9 heteroatoms. The third kappa shape index (κ3) is 5.48. The lowest BCUT2D eigenvalue weighted by atomic mass is 9.96. The lowest BCUT2D eigenvalue weighted by Gasteiger charge is -2.32. The second-order valence-corrected chi connectivity index (χ2v) is 7.46. The van der Waals surface area contributed by atoms with Crippen LogP contribution in [0.1, 0.15) is 36.2 Å². The number of nitrogens with zero attached hydrogens (tertiary/aromatic N) is 4. The number of nitrogens with one attached hydrogen (secondary N) is 1. The van der Waals surface area contributed by atoms with Crippen LogP contribution in [-0.2, 0) is 17.5 Å². The predicted molar refractivity (Wildman–Crippen MR) is 104 cm³/mol. The Morgan fingerprint density at radius 1 is 1.24 bits per heavy atom. The zero-order valence-electron chi connectivity index (χ0n) is 16.7. The molecule has 6 nitrogen and oxygen atoms in total. The zero-order chi connectivity index (χ0) is 21.0. The van der Waals surface area contributed by atoms with Gasteiger partial charge in [-0.3, -0.25) is 9.48 Å². The van der Waals surface area contributed by atoms with E-state index in [9.17, 15) is 18.0 Å². The highest BCUT2D eigenvalue weighted by Crippen LogP contribution is 2.30. The molecule has 1 aliphatic rings. The molecule has 0 unspecified atom stereocenters. The van der Waals surface area contributed by atoms with Gasteiger partial charge in [-0.05, 0) is 51.3 Å². The number of hydrogen-bond donors (Lipinski definition) is 1. The van der Waals surface area contributed by atoms with E-state index in [0.717, 1.165) is 36.6 Å². The van der Waals surface area contributed by atoms with Gasteiger partial charge in [-0.2, -0.15) is 18.3 Å². The van der Waals surface area contributed by atoms with Crippen LogP contribution < -0.4 is 10.2 Å².